The number of rotatable bonds is 2. The average molecular weight is 320 g/mol. The monoisotopic (exact) mass is 318 g/mol. The van der Waals surface area contributed by atoms with Crippen LogP contribution >= 0.6 is 27.5 Å². The van der Waals surface area contributed by atoms with E-state index in [1.807, 2.05) is 0 Å². The van der Waals surface area contributed by atoms with E-state index in [2.05, 4.69) is 15.9 Å². The van der Waals surface area contributed by atoms with Gasteiger partial charge in [0, 0.05) is 28.9 Å². The Balaban J connectivity index is 2.45. The molecule has 5 nitrogen and oxygen atoms in total. The zero-order valence-electron chi connectivity index (χ0n) is 8.60. The average Bonchev–Trinajstić information content (AvgIpc) is 2.57. The summed E-state index contributed by atoms with van der Waals surface area (Å²) in [6.45, 7) is 0.432. The maximum atomic E-state index is 11.7. The van der Waals surface area contributed by atoms with E-state index in [9.17, 15) is 14.9 Å². The normalized spacial score (nSPS) is 19.8. The van der Waals surface area contributed by atoms with Gasteiger partial charge in [0.15, 0.2) is 0 Å². The van der Waals surface area contributed by atoms with Gasteiger partial charge in [0.25, 0.3) is 5.69 Å². The highest BCUT2D eigenvalue weighted by molar-refractivity contribution is 9.09. The minimum atomic E-state index is -0.532. The second-order valence-corrected chi connectivity index (χ2v) is 5.43. The number of alkyl halides is 1. The van der Waals surface area contributed by atoms with Gasteiger partial charge in [0.1, 0.15) is 5.69 Å². The summed E-state index contributed by atoms with van der Waals surface area (Å²) in [4.78, 5) is 23.5. The third kappa shape index (κ3) is 2.42. The number of carbonyl (C=O) groups is 1. The van der Waals surface area contributed by atoms with E-state index in [0.717, 1.165) is 0 Å². The van der Waals surface area contributed by atoms with Gasteiger partial charge in [-0.05, 0) is 12.1 Å². The highest BCUT2D eigenvalue weighted by Gasteiger charge is 2.32. The van der Waals surface area contributed by atoms with Crippen LogP contribution in [0.2, 0.25) is 5.02 Å². The van der Waals surface area contributed by atoms with Crippen molar-refractivity contribution in [2.45, 2.75) is 11.2 Å². The first kappa shape index (κ1) is 12.3. The molecule has 17 heavy (non-hydrogen) atoms. The number of hydrogen-bond donors (Lipinski definition) is 0. The van der Waals surface area contributed by atoms with Gasteiger partial charge >= 0.3 is 0 Å². The van der Waals surface area contributed by atoms with E-state index in [4.69, 9.17) is 11.6 Å². The van der Waals surface area contributed by atoms with E-state index in [1.54, 1.807) is 6.07 Å². The number of benzene rings is 1. The minimum Gasteiger partial charge on any atom is -0.305 e. The summed E-state index contributed by atoms with van der Waals surface area (Å²) in [6.07, 6.45) is 0.347. The molecule has 1 amide bonds. The summed E-state index contributed by atoms with van der Waals surface area (Å²) < 4.78 is 0. The van der Waals surface area contributed by atoms with Crippen LogP contribution in [0.15, 0.2) is 18.2 Å². The summed E-state index contributed by atoms with van der Waals surface area (Å²) in [5, 5.41) is 11.2. The molecule has 7 heteroatoms. The molecule has 0 aromatic heterocycles. The zero-order valence-corrected chi connectivity index (χ0v) is 10.9. The Morgan fingerprint density at radius 2 is 2.24 bits per heavy atom. The van der Waals surface area contributed by atoms with Gasteiger partial charge in [-0.15, -0.1) is 0 Å². The van der Waals surface area contributed by atoms with Crippen LogP contribution in [0.5, 0.6) is 0 Å². The summed E-state index contributed by atoms with van der Waals surface area (Å²) in [7, 11) is 0. The van der Waals surface area contributed by atoms with Crippen LogP contribution in [0.4, 0.5) is 11.4 Å². The fourth-order valence-corrected chi connectivity index (χ4v) is 2.50. The topological polar surface area (TPSA) is 63.5 Å². The summed E-state index contributed by atoms with van der Waals surface area (Å²) in [6, 6.07) is 4.30. The molecule has 1 aliphatic heterocycles. The number of amides is 1. The largest absolute Gasteiger partial charge is 0.305 e. The summed E-state index contributed by atoms with van der Waals surface area (Å²) in [5.74, 6) is -0.128. The lowest BCUT2D eigenvalue weighted by atomic mass is 10.2. The second kappa shape index (κ2) is 4.62. The van der Waals surface area contributed by atoms with Crippen LogP contribution in [-0.4, -0.2) is 22.2 Å². The molecule has 1 heterocycles. The molecule has 0 N–H and O–H groups in total. The maximum Gasteiger partial charge on any atom is 0.294 e. The Kier molecular flexibility index (Phi) is 3.35. The predicted octanol–water partition coefficient (Wildman–Crippen LogP) is 2.75. The van der Waals surface area contributed by atoms with Crippen LogP contribution in [0.3, 0.4) is 0 Å². The van der Waals surface area contributed by atoms with Crippen molar-refractivity contribution < 1.29 is 9.72 Å². The molecule has 0 spiro atoms. The molecule has 1 saturated heterocycles. The molecule has 1 fully saturated rings. The number of anilines is 1. The number of nitrogens with zero attached hydrogens (tertiary/aromatic N) is 2. The van der Waals surface area contributed by atoms with Gasteiger partial charge in [-0.25, -0.2) is 0 Å². The van der Waals surface area contributed by atoms with Crippen LogP contribution < -0.4 is 4.90 Å². The van der Waals surface area contributed by atoms with Crippen molar-refractivity contribution >= 4 is 44.8 Å². The number of hydrogen-bond acceptors (Lipinski definition) is 3. The van der Waals surface area contributed by atoms with Crippen molar-refractivity contribution in [2.75, 3.05) is 11.4 Å². The molecule has 90 valence electrons. The maximum absolute atomic E-state index is 11.7. The first-order valence-corrected chi connectivity index (χ1v) is 6.17. The van der Waals surface area contributed by atoms with Gasteiger partial charge in [-0.1, -0.05) is 27.5 Å². The van der Waals surface area contributed by atoms with E-state index in [-0.39, 0.29) is 21.4 Å². The first-order chi connectivity index (χ1) is 7.99. The molecule has 1 aromatic carbocycles. The van der Waals surface area contributed by atoms with Gasteiger partial charge in [-0.2, -0.15) is 0 Å². The number of halogens is 2. The molecule has 0 aliphatic carbocycles. The highest BCUT2D eigenvalue weighted by atomic mass is 79.9. The number of carbonyl (C=O) groups excluding carboxylic acids is 1. The van der Waals surface area contributed by atoms with Crippen molar-refractivity contribution in [3.05, 3.63) is 33.3 Å². The third-order valence-corrected chi connectivity index (χ3v) is 3.35. The summed E-state index contributed by atoms with van der Waals surface area (Å²) in [5.41, 5.74) is 0.152. The number of nitro groups is 1. The van der Waals surface area contributed by atoms with E-state index in [1.165, 1.54) is 17.0 Å². The van der Waals surface area contributed by atoms with Crippen LogP contribution in [0, 0.1) is 10.1 Å². The Morgan fingerprint density at radius 3 is 2.76 bits per heavy atom. The molecule has 1 aromatic rings. The lowest BCUT2D eigenvalue weighted by Gasteiger charge is -2.15. The fraction of sp³-hybridized carbons (Fsp3) is 0.300. The fourth-order valence-electron chi connectivity index (χ4n) is 1.77. The lowest BCUT2D eigenvalue weighted by molar-refractivity contribution is -0.384. The van der Waals surface area contributed by atoms with E-state index in [0.29, 0.717) is 18.7 Å². The predicted molar refractivity (Wildman–Crippen MR) is 67.8 cm³/mol. The SMILES string of the molecule is O=C1CC(Br)CN1c1ccc(Cl)cc1[N+](=O)[O-]. The second-order valence-electron chi connectivity index (χ2n) is 3.70. The lowest BCUT2D eigenvalue weighted by Crippen LogP contribution is -2.25. The van der Waals surface area contributed by atoms with E-state index >= 15 is 0 Å². The van der Waals surface area contributed by atoms with Gasteiger partial charge < -0.3 is 4.90 Å². The molecule has 1 atom stereocenters. The molecule has 0 bridgehead atoms. The third-order valence-electron chi connectivity index (χ3n) is 2.50. The van der Waals surface area contributed by atoms with Crippen molar-refractivity contribution in [1.29, 1.82) is 0 Å². The molecular weight excluding hydrogens is 311 g/mol. The Hall–Kier alpha value is -1.14. The first-order valence-electron chi connectivity index (χ1n) is 4.87. The molecule has 1 aliphatic rings. The molecule has 2 rings (SSSR count). The van der Waals surface area contributed by atoms with Gasteiger partial charge in [0.2, 0.25) is 5.91 Å². The minimum absolute atomic E-state index is 0.0327. The van der Waals surface area contributed by atoms with Crippen LogP contribution in [0.1, 0.15) is 6.42 Å². The van der Waals surface area contributed by atoms with Crippen molar-refractivity contribution in [3.63, 3.8) is 0 Å². The van der Waals surface area contributed by atoms with Crippen LogP contribution in [0.25, 0.3) is 0 Å². The Morgan fingerprint density at radius 1 is 1.53 bits per heavy atom. The van der Waals surface area contributed by atoms with Crippen molar-refractivity contribution in [1.82, 2.24) is 0 Å². The number of nitro benzene ring substituents is 1. The Bertz CT molecular complexity index is 494. The van der Waals surface area contributed by atoms with Crippen LogP contribution in [-0.2, 0) is 4.79 Å². The smallest absolute Gasteiger partial charge is 0.294 e. The van der Waals surface area contributed by atoms with Gasteiger partial charge in [-0.3, -0.25) is 14.9 Å². The Labute approximate surface area is 111 Å². The molecular formula is C10H8BrClN2O3. The molecule has 0 saturated carbocycles. The zero-order chi connectivity index (χ0) is 12.6. The van der Waals surface area contributed by atoms with Gasteiger partial charge in [0.05, 0.1) is 4.92 Å². The standard InChI is InChI=1S/C10H8BrClN2O3/c11-6-3-10(15)13(5-6)8-2-1-7(12)4-9(8)14(16)17/h1-2,4,6H,3,5H2. The highest BCUT2D eigenvalue weighted by Crippen LogP contribution is 2.34. The molecule has 0 radical (unpaired) electrons. The van der Waals surface area contributed by atoms with Crippen molar-refractivity contribution in [2.24, 2.45) is 0 Å². The summed E-state index contributed by atoms with van der Waals surface area (Å²) >= 11 is 9.05. The quantitative estimate of drug-likeness (QED) is 0.478. The van der Waals surface area contributed by atoms with E-state index < -0.39 is 4.92 Å². The molecule has 1 unspecified atom stereocenters. The van der Waals surface area contributed by atoms with Crippen molar-refractivity contribution in [3.8, 4) is 0 Å².